The zero-order valence-electron chi connectivity index (χ0n) is 18.5. The van der Waals surface area contributed by atoms with E-state index in [0.29, 0.717) is 38.9 Å². The monoisotopic (exact) mass is 446 g/mol. The van der Waals surface area contributed by atoms with Gasteiger partial charge in [-0.2, -0.15) is 0 Å². The third kappa shape index (κ3) is 5.05. The van der Waals surface area contributed by atoms with Crippen molar-refractivity contribution in [3.8, 4) is 0 Å². The van der Waals surface area contributed by atoms with E-state index in [1.54, 1.807) is 11.3 Å². The molecule has 1 aromatic rings. The summed E-state index contributed by atoms with van der Waals surface area (Å²) >= 11 is 1.76. The molecule has 0 aliphatic carbocycles. The number of thiophene rings is 1. The molecule has 2 fully saturated rings. The van der Waals surface area contributed by atoms with Crippen LogP contribution in [0.3, 0.4) is 0 Å². The minimum atomic E-state index is -0.457. The average Bonchev–Trinajstić information content (AvgIpc) is 3.49. The average molecular weight is 447 g/mol. The number of carbonyl (C=O) groups excluding carboxylic acids is 3. The van der Waals surface area contributed by atoms with Crippen molar-refractivity contribution in [2.45, 2.75) is 64.5 Å². The maximum atomic E-state index is 13.2. The zero-order valence-corrected chi connectivity index (χ0v) is 19.3. The number of likely N-dealkylation sites (tertiary alicyclic amines) is 2. The molecule has 4 rings (SSSR count). The van der Waals surface area contributed by atoms with Crippen LogP contribution in [0.1, 0.15) is 55.9 Å². The van der Waals surface area contributed by atoms with Gasteiger partial charge < -0.3 is 20.0 Å². The third-order valence-corrected chi connectivity index (χ3v) is 7.85. The predicted molar refractivity (Wildman–Crippen MR) is 121 cm³/mol. The number of nitrogens with zero attached hydrogens (tertiary/aromatic N) is 3. The molecule has 4 amide bonds. The van der Waals surface area contributed by atoms with Crippen molar-refractivity contribution in [3.05, 3.63) is 21.9 Å². The SMILES string of the molecule is CCCC(NC(=O)C1CCN(C(=O)N2CCCC2)CC1)C(=O)N1CCc2sccc2C1. The Bertz CT molecular complexity index is 796. The number of nitrogens with one attached hydrogen (secondary N) is 1. The zero-order chi connectivity index (χ0) is 21.8. The molecule has 1 aromatic heterocycles. The second-order valence-electron chi connectivity index (χ2n) is 8.97. The van der Waals surface area contributed by atoms with E-state index in [1.807, 2.05) is 21.6 Å². The van der Waals surface area contributed by atoms with Gasteiger partial charge in [0.2, 0.25) is 11.8 Å². The van der Waals surface area contributed by atoms with Gasteiger partial charge in [0.15, 0.2) is 0 Å². The Balaban J connectivity index is 1.29. The number of amides is 4. The summed E-state index contributed by atoms with van der Waals surface area (Å²) in [4.78, 5) is 45.8. The first-order valence-corrected chi connectivity index (χ1v) is 12.6. The fourth-order valence-corrected chi connectivity index (χ4v) is 5.82. The Morgan fingerprint density at radius 1 is 1.06 bits per heavy atom. The standard InChI is InChI=1S/C23H34N4O3S/c1-2-5-19(22(29)27-14-8-20-18(16-27)9-15-31-20)24-21(28)17-6-12-26(13-7-17)23(30)25-10-3-4-11-25/h9,15,17,19H,2-8,10-14,16H2,1H3,(H,24,28). The normalized spacial score (nSPS) is 20.5. The van der Waals surface area contributed by atoms with Crippen LogP contribution >= 0.6 is 11.3 Å². The van der Waals surface area contributed by atoms with Crippen LogP contribution in [0.2, 0.25) is 0 Å². The van der Waals surface area contributed by atoms with Gasteiger partial charge in [0.05, 0.1) is 0 Å². The van der Waals surface area contributed by atoms with E-state index in [-0.39, 0.29) is 23.8 Å². The fraction of sp³-hybridized carbons (Fsp3) is 0.696. The second-order valence-corrected chi connectivity index (χ2v) is 9.97. The van der Waals surface area contributed by atoms with Crippen molar-refractivity contribution >= 4 is 29.2 Å². The molecule has 7 nitrogen and oxygen atoms in total. The van der Waals surface area contributed by atoms with Gasteiger partial charge in [-0.15, -0.1) is 11.3 Å². The van der Waals surface area contributed by atoms with Crippen molar-refractivity contribution in [3.63, 3.8) is 0 Å². The number of carbonyl (C=O) groups is 3. The summed E-state index contributed by atoms with van der Waals surface area (Å²) in [6.45, 7) is 6.35. The molecule has 0 aromatic carbocycles. The minimum absolute atomic E-state index is 0.0340. The van der Waals surface area contributed by atoms with Gasteiger partial charge in [0.1, 0.15) is 6.04 Å². The van der Waals surface area contributed by atoms with Gasteiger partial charge in [-0.1, -0.05) is 13.3 Å². The maximum Gasteiger partial charge on any atom is 0.319 e. The van der Waals surface area contributed by atoms with Crippen LogP contribution < -0.4 is 5.32 Å². The lowest BCUT2D eigenvalue weighted by atomic mass is 9.95. The summed E-state index contributed by atoms with van der Waals surface area (Å²) in [6, 6.07) is 1.76. The highest BCUT2D eigenvalue weighted by atomic mass is 32.1. The summed E-state index contributed by atoms with van der Waals surface area (Å²) in [5, 5.41) is 5.15. The highest BCUT2D eigenvalue weighted by Gasteiger charge is 2.33. The summed E-state index contributed by atoms with van der Waals surface area (Å²) in [6.07, 6.45) is 5.90. The molecular formula is C23H34N4O3S. The predicted octanol–water partition coefficient (Wildman–Crippen LogP) is 2.85. The molecule has 1 unspecified atom stereocenters. The highest BCUT2D eigenvalue weighted by Crippen LogP contribution is 2.25. The largest absolute Gasteiger partial charge is 0.344 e. The van der Waals surface area contributed by atoms with Crippen LogP contribution in [0.15, 0.2) is 11.4 Å². The van der Waals surface area contributed by atoms with Crippen LogP contribution in [-0.2, 0) is 22.6 Å². The van der Waals surface area contributed by atoms with Crippen LogP contribution in [0, 0.1) is 5.92 Å². The molecular weight excluding hydrogens is 412 g/mol. The summed E-state index contributed by atoms with van der Waals surface area (Å²) in [5.41, 5.74) is 1.24. The van der Waals surface area contributed by atoms with Gasteiger partial charge in [-0.3, -0.25) is 9.59 Å². The molecule has 0 saturated carbocycles. The van der Waals surface area contributed by atoms with Gasteiger partial charge in [-0.05, 0) is 55.5 Å². The molecule has 0 radical (unpaired) electrons. The molecule has 31 heavy (non-hydrogen) atoms. The van der Waals surface area contributed by atoms with Gasteiger partial charge >= 0.3 is 6.03 Å². The van der Waals surface area contributed by atoms with Gasteiger partial charge in [-0.25, -0.2) is 4.79 Å². The van der Waals surface area contributed by atoms with Crippen molar-refractivity contribution in [2.24, 2.45) is 5.92 Å². The topological polar surface area (TPSA) is 73.0 Å². The Hall–Kier alpha value is -2.09. The molecule has 1 atom stereocenters. The number of hydrogen-bond acceptors (Lipinski definition) is 4. The molecule has 0 bridgehead atoms. The molecule has 3 aliphatic rings. The Labute approximate surface area is 188 Å². The van der Waals surface area contributed by atoms with Crippen LogP contribution in [0.25, 0.3) is 0 Å². The highest BCUT2D eigenvalue weighted by molar-refractivity contribution is 7.10. The first kappa shape index (κ1) is 22.1. The lowest BCUT2D eigenvalue weighted by Crippen LogP contribution is -2.52. The van der Waals surface area contributed by atoms with E-state index in [1.165, 1.54) is 10.4 Å². The first-order chi connectivity index (χ1) is 15.1. The van der Waals surface area contributed by atoms with E-state index in [2.05, 4.69) is 16.8 Å². The Kier molecular flexibility index (Phi) is 7.15. The number of piperidine rings is 1. The lowest BCUT2D eigenvalue weighted by Gasteiger charge is -2.35. The van der Waals surface area contributed by atoms with E-state index in [0.717, 1.165) is 45.3 Å². The third-order valence-electron chi connectivity index (χ3n) is 6.82. The van der Waals surface area contributed by atoms with Crippen molar-refractivity contribution < 1.29 is 14.4 Å². The maximum absolute atomic E-state index is 13.2. The summed E-state index contributed by atoms with van der Waals surface area (Å²) < 4.78 is 0. The molecule has 0 spiro atoms. The summed E-state index contributed by atoms with van der Waals surface area (Å²) in [5.74, 6) is -0.124. The number of rotatable bonds is 5. The molecule has 3 aliphatic heterocycles. The Morgan fingerprint density at radius 2 is 1.77 bits per heavy atom. The van der Waals surface area contributed by atoms with E-state index >= 15 is 0 Å². The van der Waals surface area contributed by atoms with E-state index in [9.17, 15) is 14.4 Å². The molecule has 8 heteroatoms. The van der Waals surface area contributed by atoms with Crippen molar-refractivity contribution in [1.82, 2.24) is 20.0 Å². The molecule has 2 saturated heterocycles. The summed E-state index contributed by atoms with van der Waals surface area (Å²) in [7, 11) is 0. The lowest BCUT2D eigenvalue weighted by molar-refractivity contribution is -0.138. The van der Waals surface area contributed by atoms with Crippen molar-refractivity contribution in [2.75, 3.05) is 32.7 Å². The van der Waals surface area contributed by atoms with E-state index in [4.69, 9.17) is 0 Å². The molecule has 4 heterocycles. The van der Waals surface area contributed by atoms with Gasteiger partial charge in [0, 0.05) is 50.1 Å². The van der Waals surface area contributed by atoms with Crippen LogP contribution in [0.4, 0.5) is 4.79 Å². The first-order valence-electron chi connectivity index (χ1n) is 11.7. The Morgan fingerprint density at radius 3 is 2.48 bits per heavy atom. The van der Waals surface area contributed by atoms with Gasteiger partial charge in [0.25, 0.3) is 0 Å². The van der Waals surface area contributed by atoms with Crippen molar-refractivity contribution in [1.29, 1.82) is 0 Å². The number of fused-ring (bicyclic) bond motifs is 1. The molecule has 1 N–H and O–H groups in total. The minimum Gasteiger partial charge on any atom is -0.344 e. The van der Waals surface area contributed by atoms with E-state index < -0.39 is 6.04 Å². The smallest absolute Gasteiger partial charge is 0.319 e. The number of hydrogen-bond donors (Lipinski definition) is 1. The quantitative estimate of drug-likeness (QED) is 0.756. The second kappa shape index (κ2) is 10.0. The van der Waals surface area contributed by atoms with Crippen LogP contribution in [0.5, 0.6) is 0 Å². The number of urea groups is 1. The fourth-order valence-electron chi connectivity index (χ4n) is 4.93. The molecule has 170 valence electrons. The van der Waals surface area contributed by atoms with Crippen LogP contribution in [-0.4, -0.2) is 71.3 Å².